The lowest BCUT2D eigenvalue weighted by Gasteiger charge is -2.17. The third-order valence-electron chi connectivity index (χ3n) is 9.76. The second kappa shape index (κ2) is 15.1. The Kier molecular flexibility index (Phi) is 9.27. The second-order valence-electron chi connectivity index (χ2n) is 13.6. The van der Waals surface area contributed by atoms with Gasteiger partial charge in [-0.05, 0) is 37.6 Å². The molecule has 0 radical (unpaired) electrons. The molecule has 0 spiro atoms. The van der Waals surface area contributed by atoms with Crippen LogP contribution in [0.25, 0.3) is 90.3 Å². The van der Waals surface area contributed by atoms with Crippen LogP contribution >= 0.6 is 0 Å². The molecule has 6 nitrogen and oxygen atoms in total. The van der Waals surface area contributed by atoms with Crippen LogP contribution in [0.1, 0.15) is 11.4 Å². The largest absolute Gasteiger partial charge is 0.258 e. The second-order valence-corrected chi connectivity index (χ2v) is 13.6. The van der Waals surface area contributed by atoms with Crippen LogP contribution in [0.5, 0.6) is 0 Å². The fourth-order valence-electron chi connectivity index (χ4n) is 7.00. The van der Waals surface area contributed by atoms with E-state index in [0.29, 0.717) is 17.5 Å². The molecule has 0 fully saturated rings. The number of aromatic nitrogens is 6. The van der Waals surface area contributed by atoms with Crippen molar-refractivity contribution in [3.8, 4) is 90.3 Å². The molecule has 3 aromatic heterocycles. The Morgan fingerprint density at radius 3 is 1.09 bits per heavy atom. The van der Waals surface area contributed by atoms with E-state index in [1.165, 1.54) is 0 Å². The van der Waals surface area contributed by atoms with Crippen LogP contribution < -0.4 is 0 Å². The molecule has 0 amide bonds. The molecule has 0 unspecified atom stereocenters. The van der Waals surface area contributed by atoms with E-state index >= 15 is 0 Å². The van der Waals surface area contributed by atoms with E-state index in [1.54, 1.807) is 0 Å². The lowest BCUT2D eigenvalue weighted by molar-refractivity contribution is 1.07. The summed E-state index contributed by atoms with van der Waals surface area (Å²) in [6.45, 7) is 4.08. The van der Waals surface area contributed by atoms with E-state index in [4.69, 9.17) is 29.9 Å². The van der Waals surface area contributed by atoms with Crippen LogP contribution in [-0.4, -0.2) is 29.9 Å². The highest BCUT2D eigenvalue weighted by molar-refractivity contribution is 5.88. The van der Waals surface area contributed by atoms with E-state index in [2.05, 4.69) is 79.7 Å². The third kappa shape index (κ3) is 6.99. The Morgan fingerprint density at radius 1 is 0.268 bits per heavy atom. The molecule has 0 saturated carbocycles. The van der Waals surface area contributed by atoms with Gasteiger partial charge in [0.1, 0.15) is 0 Å². The minimum absolute atomic E-state index is 0.575. The number of nitrogens with zero attached hydrogens (tertiary/aromatic N) is 6. The summed E-state index contributed by atoms with van der Waals surface area (Å²) in [5, 5.41) is 0. The average Bonchev–Trinajstić information content (AvgIpc) is 3.27. The molecule has 0 saturated heterocycles. The predicted molar refractivity (Wildman–Crippen MR) is 226 cm³/mol. The molecular weight excluding hydrogens is 685 g/mol. The molecule has 6 aromatic carbocycles. The summed E-state index contributed by atoms with van der Waals surface area (Å²) in [5.41, 5.74) is 13.8. The number of hydrogen-bond acceptors (Lipinski definition) is 6. The molecule has 0 bridgehead atoms. The van der Waals surface area contributed by atoms with Gasteiger partial charge in [-0.3, -0.25) is 4.98 Å². The maximum absolute atomic E-state index is 5.53. The van der Waals surface area contributed by atoms with Crippen molar-refractivity contribution in [1.82, 2.24) is 29.9 Å². The van der Waals surface area contributed by atoms with Crippen LogP contribution in [0.3, 0.4) is 0 Å². The molecule has 9 rings (SSSR count). The van der Waals surface area contributed by atoms with Gasteiger partial charge in [-0.2, -0.15) is 0 Å². The number of benzene rings is 6. The Labute approximate surface area is 326 Å². The van der Waals surface area contributed by atoms with Crippen molar-refractivity contribution in [2.24, 2.45) is 0 Å². The zero-order valence-electron chi connectivity index (χ0n) is 31.0. The van der Waals surface area contributed by atoms with Gasteiger partial charge in [0.25, 0.3) is 0 Å². The SMILES string of the molecule is Cc1ccc(-c2cccc(-c3nc(-c4ccccc4)c(-c4cccc(-c5nc(-c6ccccc6)nc(-c6ccccc6)n5)c4)nc3-c3ccccc3)c2)c(C)n1. The Balaban J connectivity index is 1.24. The summed E-state index contributed by atoms with van der Waals surface area (Å²) in [6, 6.07) is 61.6. The molecule has 0 aliphatic carbocycles. The number of pyridine rings is 1. The molecule has 266 valence electrons. The first kappa shape index (κ1) is 34.3. The van der Waals surface area contributed by atoms with E-state index < -0.39 is 0 Å². The van der Waals surface area contributed by atoms with Crippen LogP contribution in [0.2, 0.25) is 0 Å². The lowest BCUT2D eigenvalue weighted by atomic mass is 9.96. The number of rotatable bonds is 8. The van der Waals surface area contributed by atoms with Gasteiger partial charge in [0.2, 0.25) is 0 Å². The molecule has 0 aliphatic rings. The Hall–Kier alpha value is -7.44. The Bertz CT molecular complexity index is 2750. The molecule has 0 atom stereocenters. The van der Waals surface area contributed by atoms with Gasteiger partial charge < -0.3 is 0 Å². The van der Waals surface area contributed by atoms with Crippen molar-refractivity contribution in [1.29, 1.82) is 0 Å². The van der Waals surface area contributed by atoms with Crippen LogP contribution in [0, 0.1) is 13.8 Å². The van der Waals surface area contributed by atoms with Crippen LogP contribution in [0.15, 0.2) is 182 Å². The van der Waals surface area contributed by atoms with Crippen molar-refractivity contribution in [3.63, 3.8) is 0 Å². The fraction of sp³-hybridized carbons (Fsp3) is 0.0400. The summed E-state index contributed by atoms with van der Waals surface area (Å²) in [7, 11) is 0. The third-order valence-corrected chi connectivity index (χ3v) is 9.76. The van der Waals surface area contributed by atoms with Gasteiger partial charge >= 0.3 is 0 Å². The minimum Gasteiger partial charge on any atom is -0.258 e. The lowest BCUT2D eigenvalue weighted by Crippen LogP contribution is -2.02. The first-order valence-corrected chi connectivity index (χ1v) is 18.6. The van der Waals surface area contributed by atoms with Gasteiger partial charge in [-0.25, -0.2) is 24.9 Å². The first-order valence-electron chi connectivity index (χ1n) is 18.6. The van der Waals surface area contributed by atoms with E-state index in [-0.39, 0.29) is 0 Å². The van der Waals surface area contributed by atoms with Crippen LogP contribution in [0.4, 0.5) is 0 Å². The smallest absolute Gasteiger partial charge is 0.164 e. The zero-order chi connectivity index (χ0) is 37.8. The highest BCUT2D eigenvalue weighted by atomic mass is 15.0. The summed E-state index contributed by atoms with van der Waals surface area (Å²) in [6.07, 6.45) is 0. The topological polar surface area (TPSA) is 77.3 Å². The molecule has 3 heterocycles. The molecule has 6 heteroatoms. The van der Waals surface area contributed by atoms with Crippen LogP contribution in [-0.2, 0) is 0 Å². The molecular formula is C50H36N6. The van der Waals surface area contributed by atoms with Crippen molar-refractivity contribution < 1.29 is 0 Å². The summed E-state index contributed by atoms with van der Waals surface area (Å²) < 4.78 is 0. The first-order chi connectivity index (χ1) is 27.6. The molecule has 0 N–H and O–H groups in total. The minimum atomic E-state index is 0.575. The van der Waals surface area contributed by atoms with Gasteiger partial charge in [-0.15, -0.1) is 0 Å². The van der Waals surface area contributed by atoms with E-state index in [9.17, 15) is 0 Å². The molecule has 0 aliphatic heterocycles. The zero-order valence-corrected chi connectivity index (χ0v) is 31.0. The predicted octanol–water partition coefficient (Wildman–Crippen LogP) is 12.0. The number of aryl methyl sites for hydroxylation is 2. The van der Waals surface area contributed by atoms with E-state index in [1.807, 2.05) is 116 Å². The van der Waals surface area contributed by atoms with Crippen molar-refractivity contribution >= 4 is 0 Å². The van der Waals surface area contributed by atoms with Gasteiger partial charge in [0, 0.05) is 55.9 Å². The van der Waals surface area contributed by atoms with E-state index in [0.717, 1.165) is 84.2 Å². The normalized spacial score (nSPS) is 11.0. The summed E-state index contributed by atoms with van der Waals surface area (Å²) in [4.78, 5) is 30.7. The van der Waals surface area contributed by atoms with Crippen molar-refractivity contribution in [3.05, 3.63) is 193 Å². The Morgan fingerprint density at radius 2 is 0.625 bits per heavy atom. The highest BCUT2D eigenvalue weighted by Gasteiger charge is 2.21. The maximum atomic E-state index is 5.53. The van der Waals surface area contributed by atoms with Gasteiger partial charge in [-0.1, -0.05) is 164 Å². The summed E-state index contributed by atoms with van der Waals surface area (Å²) >= 11 is 0. The fourth-order valence-corrected chi connectivity index (χ4v) is 7.00. The monoisotopic (exact) mass is 720 g/mol. The standard InChI is InChI=1S/C50H36N6/c1-33-29-30-43(34(2)51-33)39-25-15-26-40(31-39)46-44(35-17-7-3-8-18-35)53-47(45(52-46)36-19-9-4-10-20-36)41-27-16-28-42(32-41)50-55-48(37-21-11-5-12-22-37)54-49(56-50)38-23-13-6-14-24-38/h3-32H,1-2H3. The molecule has 9 aromatic rings. The van der Waals surface area contributed by atoms with Crippen molar-refractivity contribution in [2.75, 3.05) is 0 Å². The summed E-state index contributed by atoms with van der Waals surface area (Å²) in [5.74, 6) is 1.80. The number of hydrogen-bond donors (Lipinski definition) is 0. The van der Waals surface area contributed by atoms with Gasteiger partial charge in [0.15, 0.2) is 17.5 Å². The average molecular weight is 721 g/mol. The quantitative estimate of drug-likeness (QED) is 0.155. The van der Waals surface area contributed by atoms with Crippen molar-refractivity contribution in [2.45, 2.75) is 13.8 Å². The maximum Gasteiger partial charge on any atom is 0.164 e. The van der Waals surface area contributed by atoms with Gasteiger partial charge in [0.05, 0.1) is 22.8 Å². The highest BCUT2D eigenvalue weighted by Crippen LogP contribution is 2.39. The molecule has 56 heavy (non-hydrogen) atoms.